The minimum atomic E-state index is -4.52. The van der Waals surface area contributed by atoms with E-state index in [4.69, 9.17) is 9.47 Å². The van der Waals surface area contributed by atoms with E-state index >= 15 is 0 Å². The van der Waals surface area contributed by atoms with E-state index < -0.39 is 17.6 Å². The number of hydrogen-bond acceptors (Lipinski definition) is 5. The summed E-state index contributed by atoms with van der Waals surface area (Å²) in [5.74, 6) is 2.42. The van der Waals surface area contributed by atoms with Crippen LogP contribution in [0.5, 0.6) is 11.5 Å². The third-order valence-electron chi connectivity index (χ3n) is 4.23. The van der Waals surface area contributed by atoms with Gasteiger partial charge in [0.1, 0.15) is 11.5 Å². The van der Waals surface area contributed by atoms with Gasteiger partial charge < -0.3 is 14.8 Å². The maximum Gasteiger partial charge on any atom is 0.416 e. The minimum Gasteiger partial charge on any atom is -0.492 e. The predicted octanol–water partition coefficient (Wildman–Crippen LogP) is 5.99. The van der Waals surface area contributed by atoms with E-state index in [-0.39, 0.29) is 24.7 Å². The Morgan fingerprint density at radius 2 is 1.80 bits per heavy atom. The highest BCUT2D eigenvalue weighted by Crippen LogP contribution is 2.43. The van der Waals surface area contributed by atoms with Gasteiger partial charge >= 0.3 is 6.18 Å². The van der Waals surface area contributed by atoms with Gasteiger partial charge in [-0.2, -0.15) is 13.2 Å². The van der Waals surface area contributed by atoms with E-state index in [1.807, 2.05) is 35.7 Å². The van der Waals surface area contributed by atoms with Gasteiger partial charge in [0, 0.05) is 0 Å². The second kappa shape index (κ2) is 10.3. The number of anilines is 1. The molecule has 1 aliphatic rings. The maximum atomic E-state index is 13.0. The molecule has 0 spiro atoms. The Labute approximate surface area is 181 Å². The van der Waals surface area contributed by atoms with Gasteiger partial charge in [-0.3, -0.25) is 4.79 Å². The summed E-state index contributed by atoms with van der Waals surface area (Å²) in [7, 11) is 0. The van der Waals surface area contributed by atoms with Crippen LogP contribution >= 0.6 is 23.5 Å². The zero-order valence-corrected chi connectivity index (χ0v) is 18.0. The molecule has 2 aromatic rings. The molecular weight excluding hydrogens is 435 g/mol. The molecule has 9 heteroatoms. The number of carbonyl (C=O) groups is 1. The fraction of sp³-hybridized carbons (Fsp3) is 0.381. The molecule has 3 rings (SSSR count). The number of rotatable bonds is 7. The van der Waals surface area contributed by atoms with Crippen LogP contribution < -0.4 is 14.8 Å². The Morgan fingerprint density at radius 1 is 1.10 bits per heavy atom. The zero-order valence-electron chi connectivity index (χ0n) is 16.3. The quantitative estimate of drug-likeness (QED) is 0.553. The molecule has 4 nitrogen and oxygen atoms in total. The van der Waals surface area contributed by atoms with Crippen molar-refractivity contribution in [1.29, 1.82) is 0 Å². The van der Waals surface area contributed by atoms with Gasteiger partial charge in [0.25, 0.3) is 5.91 Å². The average Bonchev–Trinajstić information content (AvgIpc) is 2.74. The normalized spacial score (nSPS) is 14.9. The Balaban J connectivity index is 1.60. The number of halogens is 3. The first-order valence-corrected chi connectivity index (χ1v) is 11.6. The van der Waals surface area contributed by atoms with Crippen molar-refractivity contribution < 1.29 is 27.4 Å². The fourth-order valence-corrected chi connectivity index (χ4v) is 5.72. The lowest BCUT2D eigenvalue weighted by Crippen LogP contribution is -2.21. The maximum absolute atomic E-state index is 13.0. The molecule has 0 saturated carbocycles. The summed E-state index contributed by atoms with van der Waals surface area (Å²) in [5, 5.41) is 2.45. The van der Waals surface area contributed by atoms with Crippen LogP contribution in [0.15, 0.2) is 42.5 Å². The summed E-state index contributed by atoms with van der Waals surface area (Å²) in [5.41, 5.74) is 0.296. The summed E-state index contributed by atoms with van der Waals surface area (Å²) in [4.78, 5) is 12.2. The summed E-state index contributed by atoms with van der Waals surface area (Å²) in [6, 6.07) is 10.5. The van der Waals surface area contributed by atoms with Gasteiger partial charge in [-0.15, -0.1) is 23.5 Å². The van der Waals surface area contributed by atoms with Crippen molar-refractivity contribution in [1.82, 2.24) is 0 Å². The number of ether oxygens (including phenoxy) is 2. The van der Waals surface area contributed by atoms with E-state index in [1.54, 1.807) is 19.1 Å². The van der Waals surface area contributed by atoms with Gasteiger partial charge in [-0.1, -0.05) is 12.1 Å². The number of carbonyl (C=O) groups excluding carboxylic acids is 1. The first kappa shape index (κ1) is 22.7. The number of thioether (sulfide) groups is 2. The van der Waals surface area contributed by atoms with Crippen molar-refractivity contribution in [3.05, 3.63) is 53.6 Å². The van der Waals surface area contributed by atoms with E-state index in [0.717, 1.165) is 23.6 Å². The molecule has 0 unspecified atom stereocenters. The van der Waals surface area contributed by atoms with Crippen LogP contribution in [-0.4, -0.2) is 30.6 Å². The molecule has 162 valence electrons. The van der Waals surface area contributed by atoms with Crippen LogP contribution in [0.4, 0.5) is 18.9 Å². The highest BCUT2D eigenvalue weighted by molar-refractivity contribution is 8.16. The molecule has 0 radical (unpaired) electrons. The number of nitrogens with one attached hydrogen (secondary N) is 1. The van der Waals surface area contributed by atoms with Crippen molar-refractivity contribution in [3.8, 4) is 11.5 Å². The Kier molecular flexibility index (Phi) is 7.82. The molecule has 1 aliphatic heterocycles. The highest BCUT2D eigenvalue weighted by Gasteiger charge is 2.31. The Morgan fingerprint density at radius 3 is 2.43 bits per heavy atom. The second-order valence-corrected chi connectivity index (χ2v) is 9.20. The molecule has 1 saturated heterocycles. The molecule has 1 N–H and O–H groups in total. The molecule has 0 atom stereocenters. The summed E-state index contributed by atoms with van der Waals surface area (Å²) in [6.45, 7) is 1.64. The van der Waals surface area contributed by atoms with Crippen molar-refractivity contribution in [2.75, 3.05) is 30.0 Å². The predicted molar refractivity (Wildman–Crippen MR) is 115 cm³/mol. The third kappa shape index (κ3) is 6.25. The lowest BCUT2D eigenvalue weighted by Gasteiger charge is -2.21. The summed E-state index contributed by atoms with van der Waals surface area (Å²) >= 11 is 3.83. The van der Waals surface area contributed by atoms with E-state index in [0.29, 0.717) is 10.3 Å². The molecule has 1 amide bonds. The monoisotopic (exact) mass is 457 g/mol. The molecule has 0 aromatic heterocycles. The molecular formula is C21H22F3NO3S2. The smallest absolute Gasteiger partial charge is 0.416 e. The number of amides is 1. The summed E-state index contributed by atoms with van der Waals surface area (Å²) < 4.78 is 50.1. The average molecular weight is 458 g/mol. The molecule has 0 bridgehead atoms. The first-order chi connectivity index (χ1) is 14.4. The van der Waals surface area contributed by atoms with Crippen molar-refractivity contribution in [2.45, 2.75) is 24.1 Å². The topological polar surface area (TPSA) is 47.6 Å². The standard InChI is InChI=1S/C21H22F3NO3S2/c1-2-27-18-9-6-15(21(22,23)24)12-17(18)25-19(26)13-28-16-7-4-14(5-8-16)20-29-10-3-11-30-20/h4-9,12,20H,2-3,10-11,13H2,1H3,(H,25,26). The van der Waals surface area contributed by atoms with Crippen LogP contribution in [0.25, 0.3) is 0 Å². The van der Waals surface area contributed by atoms with Crippen molar-refractivity contribution in [3.63, 3.8) is 0 Å². The first-order valence-electron chi connectivity index (χ1n) is 9.46. The molecule has 30 heavy (non-hydrogen) atoms. The molecule has 1 fully saturated rings. The lowest BCUT2D eigenvalue weighted by molar-refractivity contribution is -0.137. The number of hydrogen-bond donors (Lipinski definition) is 1. The zero-order chi connectivity index (χ0) is 21.6. The molecule has 1 heterocycles. The van der Waals surface area contributed by atoms with E-state index in [2.05, 4.69) is 5.32 Å². The minimum absolute atomic E-state index is 0.0398. The Hall–Kier alpha value is -2.00. The Bertz CT molecular complexity index is 854. The van der Waals surface area contributed by atoms with Gasteiger partial charge in [-0.25, -0.2) is 0 Å². The number of benzene rings is 2. The van der Waals surface area contributed by atoms with Crippen molar-refractivity contribution in [2.24, 2.45) is 0 Å². The van der Waals surface area contributed by atoms with Crippen LogP contribution in [0.3, 0.4) is 0 Å². The summed E-state index contributed by atoms with van der Waals surface area (Å²) in [6.07, 6.45) is -3.30. The lowest BCUT2D eigenvalue weighted by atomic mass is 10.1. The van der Waals surface area contributed by atoms with Crippen LogP contribution in [0.2, 0.25) is 0 Å². The SMILES string of the molecule is CCOc1ccc(C(F)(F)F)cc1NC(=O)COc1ccc(C2SCCCS2)cc1. The van der Waals surface area contributed by atoms with Crippen LogP contribution in [0, 0.1) is 0 Å². The van der Waals surface area contributed by atoms with Gasteiger partial charge in [0.2, 0.25) is 0 Å². The fourth-order valence-electron chi connectivity index (χ4n) is 2.82. The van der Waals surface area contributed by atoms with Crippen LogP contribution in [-0.2, 0) is 11.0 Å². The van der Waals surface area contributed by atoms with E-state index in [1.165, 1.54) is 18.1 Å². The van der Waals surface area contributed by atoms with Gasteiger partial charge in [0.15, 0.2) is 6.61 Å². The van der Waals surface area contributed by atoms with Crippen LogP contribution in [0.1, 0.15) is 29.1 Å². The molecule has 2 aromatic carbocycles. The van der Waals surface area contributed by atoms with Crippen molar-refractivity contribution >= 4 is 35.1 Å². The molecule has 0 aliphatic carbocycles. The highest BCUT2D eigenvalue weighted by atomic mass is 32.2. The third-order valence-corrected chi connectivity index (χ3v) is 7.25. The largest absolute Gasteiger partial charge is 0.492 e. The van der Waals surface area contributed by atoms with E-state index in [9.17, 15) is 18.0 Å². The second-order valence-electron chi connectivity index (χ2n) is 6.47. The van der Waals surface area contributed by atoms with Gasteiger partial charge in [0.05, 0.1) is 22.4 Å². The number of alkyl halides is 3. The van der Waals surface area contributed by atoms with Gasteiger partial charge in [-0.05, 0) is 60.7 Å².